The number of methoxy groups -OCH3 is 1. The van der Waals surface area contributed by atoms with Crippen LogP contribution in [0.5, 0.6) is 0 Å². The molecule has 0 aromatic carbocycles. The number of allylic oxidation sites excluding steroid dienone is 1. The SMILES string of the molecule is C/C=C(/C(=O)OC)C(=O)[C@@H](C)NC(=O)OC(C)(C)C. The van der Waals surface area contributed by atoms with Crippen LogP contribution in [0.25, 0.3) is 0 Å². The van der Waals surface area contributed by atoms with Gasteiger partial charge in [0, 0.05) is 0 Å². The Kier molecular flexibility index (Phi) is 6.24. The Bertz CT molecular complexity index is 392. The van der Waals surface area contributed by atoms with Crippen molar-refractivity contribution in [3.05, 3.63) is 11.6 Å². The maximum absolute atomic E-state index is 11.9. The lowest BCUT2D eigenvalue weighted by molar-refractivity contribution is -0.138. The summed E-state index contributed by atoms with van der Waals surface area (Å²) in [5.41, 5.74) is -0.760. The first-order valence-electron chi connectivity index (χ1n) is 5.90. The zero-order valence-corrected chi connectivity index (χ0v) is 12.2. The fourth-order valence-corrected chi connectivity index (χ4v) is 1.25. The van der Waals surface area contributed by atoms with Gasteiger partial charge in [-0.3, -0.25) is 4.79 Å². The highest BCUT2D eigenvalue weighted by molar-refractivity contribution is 6.19. The minimum atomic E-state index is -0.875. The third kappa shape index (κ3) is 6.03. The van der Waals surface area contributed by atoms with E-state index in [0.717, 1.165) is 0 Å². The largest absolute Gasteiger partial charge is 0.465 e. The van der Waals surface area contributed by atoms with Crippen LogP contribution in [-0.4, -0.2) is 36.6 Å². The minimum Gasteiger partial charge on any atom is -0.465 e. The van der Waals surface area contributed by atoms with Crippen LogP contribution in [-0.2, 0) is 19.1 Å². The van der Waals surface area contributed by atoms with E-state index in [-0.39, 0.29) is 5.57 Å². The van der Waals surface area contributed by atoms with Crippen LogP contribution >= 0.6 is 0 Å². The van der Waals surface area contributed by atoms with Gasteiger partial charge in [0.15, 0.2) is 5.78 Å². The molecule has 0 aliphatic rings. The number of nitrogens with one attached hydrogen (secondary N) is 1. The van der Waals surface area contributed by atoms with Gasteiger partial charge in [0.05, 0.1) is 13.2 Å². The third-order valence-corrected chi connectivity index (χ3v) is 2.09. The lowest BCUT2D eigenvalue weighted by Crippen LogP contribution is -2.43. The minimum absolute atomic E-state index is 0.106. The summed E-state index contributed by atoms with van der Waals surface area (Å²) >= 11 is 0. The van der Waals surface area contributed by atoms with Crippen LogP contribution in [0.2, 0.25) is 0 Å². The molecule has 0 unspecified atom stereocenters. The van der Waals surface area contributed by atoms with Crippen LogP contribution in [0.15, 0.2) is 11.6 Å². The molecule has 0 aliphatic carbocycles. The number of Topliss-reactive ketones (excluding diaryl/α,β-unsaturated/α-hetero) is 1. The van der Waals surface area contributed by atoms with E-state index in [2.05, 4.69) is 10.1 Å². The summed E-state index contributed by atoms with van der Waals surface area (Å²) in [5, 5.41) is 2.37. The summed E-state index contributed by atoms with van der Waals surface area (Å²) < 4.78 is 9.51. The maximum Gasteiger partial charge on any atom is 0.408 e. The zero-order valence-electron chi connectivity index (χ0n) is 12.2. The van der Waals surface area contributed by atoms with E-state index in [1.807, 2.05) is 0 Å². The highest BCUT2D eigenvalue weighted by atomic mass is 16.6. The van der Waals surface area contributed by atoms with Crippen molar-refractivity contribution in [3.8, 4) is 0 Å². The first-order valence-corrected chi connectivity index (χ1v) is 5.90. The van der Waals surface area contributed by atoms with Crippen molar-refractivity contribution < 1.29 is 23.9 Å². The Hall–Kier alpha value is -1.85. The van der Waals surface area contributed by atoms with Crippen molar-refractivity contribution in [1.82, 2.24) is 5.32 Å². The summed E-state index contributed by atoms with van der Waals surface area (Å²) in [6.07, 6.45) is 0.634. The molecule has 6 heteroatoms. The number of alkyl carbamates (subject to hydrolysis) is 1. The standard InChI is InChI=1S/C13H21NO5/c1-7-9(11(16)18-6)10(15)8(2)14-12(17)19-13(3,4)5/h7-8H,1-6H3,(H,14,17)/b9-7+/t8-/m1/s1. The molecule has 6 nitrogen and oxygen atoms in total. The van der Waals surface area contributed by atoms with Crippen LogP contribution < -0.4 is 5.32 Å². The molecule has 1 N–H and O–H groups in total. The normalized spacial score (nSPS) is 13.5. The summed E-state index contributed by atoms with van der Waals surface area (Å²) in [4.78, 5) is 34.8. The molecular weight excluding hydrogens is 250 g/mol. The van der Waals surface area contributed by atoms with E-state index in [9.17, 15) is 14.4 Å². The highest BCUT2D eigenvalue weighted by Gasteiger charge is 2.26. The summed E-state index contributed by atoms with van der Waals surface area (Å²) in [7, 11) is 1.19. The second kappa shape index (κ2) is 6.92. The number of rotatable bonds is 4. The van der Waals surface area contributed by atoms with Crippen molar-refractivity contribution in [1.29, 1.82) is 0 Å². The predicted molar refractivity (Wildman–Crippen MR) is 69.6 cm³/mol. The monoisotopic (exact) mass is 271 g/mol. The predicted octanol–water partition coefficient (Wildman–Crippen LogP) is 1.59. The van der Waals surface area contributed by atoms with Gasteiger partial charge < -0.3 is 14.8 Å². The molecule has 0 saturated carbocycles. The Morgan fingerprint density at radius 1 is 1.21 bits per heavy atom. The number of carbonyl (C=O) groups excluding carboxylic acids is 3. The van der Waals surface area contributed by atoms with Gasteiger partial charge in [0.1, 0.15) is 11.2 Å². The van der Waals surface area contributed by atoms with Crippen molar-refractivity contribution >= 4 is 17.8 Å². The number of ketones is 1. The van der Waals surface area contributed by atoms with E-state index < -0.39 is 29.5 Å². The van der Waals surface area contributed by atoms with Crippen LogP contribution in [0.4, 0.5) is 4.79 Å². The molecule has 0 aromatic heterocycles. The quantitative estimate of drug-likeness (QED) is 0.363. The molecule has 0 fully saturated rings. The van der Waals surface area contributed by atoms with Gasteiger partial charge in [-0.15, -0.1) is 0 Å². The van der Waals surface area contributed by atoms with E-state index in [4.69, 9.17) is 4.74 Å². The molecule has 19 heavy (non-hydrogen) atoms. The van der Waals surface area contributed by atoms with Gasteiger partial charge in [-0.1, -0.05) is 6.08 Å². The van der Waals surface area contributed by atoms with Gasteiger partial charge in [0.2, 0.25) is 0 Å². The number of carbonyl (C=O) groups is 3. The van der Waals surface area contributed by atoms with E-state index in [1.165, 1.54) is 20.1 Å². The number of amides is 1. The lowest BCUT2D eigenvalue weighted by atomic mass is 10.1. The maximum atomic E-state index is 11.9. The van der Waals surface area contributed by atoms with E-state index in [1.54, 1.807) is 27.7 Å². The number of hydrogen-bond donors (Lipinski definition) is 1. The Labute approximate surface area is 113 Å². The van der Waals surface area contributed by atoms with Gasteiger partial charge in [-0.25, -0.2) is 9.59 Å². The molecule has 0 bridgehead atoms. The molecule has 0 rings (SSSR count). The highest BCUT2D eigenvalue weighted by Crippen LogP contribution is 2.08. The fourth-order valence-electron chi connectivity index (χ4n) is 1.25. The van der Waals surface area contributed by atoms with Crippen LogP contribution in [0.1, 0.15) is 34.6 Å². The molecule has 0 spiro atoms. The Balaban J connectivity index is 4.67. The third-order valence-electron chi connectivity index (χ3n) is 2.09. The van der Waals surface area contributed by atoms with Gasteiger partial charge in [-0.05, 0) is 34.6 Å². The summed E-state index contributed by atoms with van der Waals surface area (Å²) in [6.45, 7) is 8.16. The second-order valence-corrected chi connectivity index (χ2v) is 4.93. The van der Waals surface area contributed by atoms with Gasteiger partial charge >= 0.3 is 12.1 Å². The van der Waals surface area contributed by atoms with Crippen molar-refractivity contribution in [2.75, 3.05) is 7.11 Å². The molecule has 108 valence electrons. The number of hydrogen-bond acceptors (Lipinski definition) is 5. The molecule has 1 amide bonds. The Morgan fingerprint density at radius 3 is 2.11 bits per heavy atom. The lowest BCUT2D eigenvalue weighted by Gasteiger charge is -2.21. The average Bonchev–Trinajstić information content (AvgIpc) is 2.26. The molecule has 0 aliphatic heterocycles. The average molecular weight is 271 g/mol. The molecule has 1 atom stereocenters. The van der Waals surface area contributed by atoms with Gasteiger partial charge in [-0.2, -0.15) is 0 Å². The van der Waals surface area contributed by atoms with Crippen molar-refractivity contribution in [2.24, 2.45) is 0 Å². The molecule has 0 aromatic rings. The second-order valence-electron chi connectivity index (χ2n) is 4.93. The topological polar surface area (TPSA) is 81.7 Å². The van der Waals surface area contributed by atoms with Crippen molar-refractivity contribution in [2.45, 2.75) is 46.3 Å². The zero-order chi connectivity index (χ0) is 15.2. The Morgan fingerprint density at radius 2 is 1.74 bits per heavy atom. The smallest absolute Gasteiger partial charge is 0.408 e. The number of ether oxygens (including phenoxy) is 2. The molecule has 0 heterocycles. The number of esters is 1. The first-order chi connectivity index (χ1) is 8.62. The van der Waals surface area contributed by atoms with Crippen LogP contribution in [0.3, 0.4) is 0 Å². The van der Waals surface area contributed by atoms with Crippen LogP contribution in [0, 0.1) is 0 Å². The van der Waals surface area contributed by atoms with E-state index in [0.29, 0.717) is 0 Å². The summed E-state index contributed by atoms with van der Waals surface area (Å²) in [5.74, 6) is -1.26. The molecule has 0 saturated heterocycles. The van der Waals surface area contributed by atoms with E-state index >= 15 is 0 Å². The summed E-state index contributed by atoms with van der Waals surface area (Å²) in [6, 6.07) is -0.875. The first kappa shape index (κ1) is 17.2. The van der Waals surface area contributed by atoms with Gasteiger partial charge in [0.25, 0.3) is 0 Å². The molecular formula is C13H21NO5. The fraction of sp³-hybridized carbons (Fsp3) is 0.615. The van der Waals surface area contributed by atoms with Crippen molar-refractivity contribution in [3.63, 3.8) is 0 Å². The molecule has 0 radical (unpaired) electrons.